The van der Waals surface area contributed by atoms with E-state index in [-0.39, 0.29) is 13.1 Å². The van der Waals surface area contributed by atoms with Gasteiger partial charge in [-0.1, -0.05) is 6.07 Å². The molecule has 1 aliphatic rings. The average Bonchev–Trinajstić information content (AvgIpc) is 3.39. The van der Waals surface area contributed by atoms with E-state index in [9.17, 15) is 13.6 Å². The molecule has 0 unspecified atom stereocenters. The van der Waals surface area contributed by atoms with Crippen molar-refractivity contribution < 1.29 is 18.0 Å². The summed E-state index contributed by atoms with van der Waals surface area (Å²) in [4.78, 5) is 14.3. The SMILES string of the molecule is Cn1nc(CN(Cc2ccco2)C(=O)Nc2c(F)cccc2F)c2c1CCC2. The van der Waals surface area contributed by atoms with Crippen LogP contribution in [-0.2, 0) is 33.0 Å². The molecule has 0 spiro atoms. The molecule has 1 N–H and O–H groups in total. The molecular formula is C20H20F2N4O2. The minimum absolute atomic E-state index is 0.153. The van der Waals surface area contributed by atoms with E-state index < -0.39 is 23.4 Å². The topological polar surface area (TPSA) is 63.3 Å². The number of urea groups is 1. The standard InChI is InChI=1S/C20H20F2N4O2/c1-25-18-9-2-6-14(18)17(24-25)12-26(11-13-5-4-10-28-13)20(27)23-19-15(21)7-3-8-16(19)22/h3-5,7-8,10H,2,6,9,11-12H2,1H3,(H,23,27). The van der Waals surface area contributed by atoms with E-state index in [1.165, 1.54) is 22.9 Å². The average molecular weight is 386 g/mol. The monoisotopic (exact) mass is 386 g/mol. The van der Waals surface area contributed by atoms with Gasteiger partial charge < -0.3 is 14.6 Å². The molecule has 4 rings (SSSR count). The molecular weight excluding hydrogens is 366 g/mol. The molecule has 3 aromatic rings. The minimum atomic E-state index is -0.829. The Balaban J connectivity index is 1.60. The number of carbonyl (C=O) groups is 1. The number of amides is 2. The van der Waals surface area contributed by atoms with Crippen molar-refractivity contribution in [2.24, 2.45) is 7.05 Å². The molecule has 2 amide bonds. The summed E-state index contributed by atoms with van der Waals surface area (Å²) in [5, 5.41) is 6.89. The smallest absolute Gasteiger partial charge is 0.322 e. The Morgan fingerprint density at radius 1 is 1.21 bits per heavy atom. The zero-order valence-electron chi connectivity index (χ0n) is 15.4. The fourth-order valence-electron chi connectivity index (χ4n) is 3.60. The van der Waals surface area contributed by atoms with Crippen molar-refractivity contribution in [1.29, 1.82) is 0 Å². The molecule has 1 aromatic carbocycles. The zero-order chi connectivity index (χ0) is 19.7. The van der Waals surface area contributed by atoms with E-state index >= 15 is 0 Å². The van der Waals surface area contributed by atoms with E-state index in [1.54, 1.807) is 12.1 Å². The summed E-state index contributed by atoms with van der Waals surface area (Å²) in [5.74, 6) is -1.09. The molecule has 8 heteroatoms. The molecule has 0 atom stereocenters. The normalized spacial score (nSPS) is 12.8. The number of nitrogens with zero attached hydrogens (tertiary/aromatic N) is 3. The number of rotatable bonds is 5. The lowest BCUT2D eigenvalue weighted by Gasteiger charge is -2.22. The van der Waals surface area contributed by atoms with Crippen LogP contribution >= 0.6 is 0 Å². The van der Waals surface area contributed by atoms with Gasteiger partial charge >= 0.3 is 6.03 Å². The molecule has 0 saturated carbocycles. The van der Waals surface area contributed by atoms with Crippen LogP contribution in [0.5, 0.6) is 0 Å². The summed E-state index contributed by atoms with van der Waals surface area (Å²) in [6.07, 6.45) is 4.44. The molecule has 146 valence electrons. The number of anilines is 1. The van der Waals surface area contributed by atoms with Gasteiger partial charge in [-0.3, -0.25) is 4.68 Å². The van der Waals surface area contributed by atoms with Gasteiger partial charge in [-0.05, 0) is 49.1 Å². The highest BCUT2D eigenvalue weighted by Gasteiger charge is 2.25. The first-order chi connectivity index (χ1) is 13.5. The van der Waals surface area contributed by atoms with Crippen molar-refractivity contribution in [2.45, 2.75) is 32.4 Å². The number of halogens is 2. The third-order valence-corrected chi connectivity index (χ3v) is 4.95. The van der Waals surface area contributed by atoms with Crippen LogP contribution in [0.25, 0.3) is 0 Å². The highest BCUT2D eigenvalue weighted by molar-refractivity contribution is 5.89. The number of hydrogen-bond acceptors (Lipinski definition) is 3. The Hall–Kier alpha value is -3.16. The van der Waals surface area contributed by atoms with E-state index in [0.717, 1.165) is 42.7 Å². The molecule has 2 aromatic heterocycles. The van der Waals surface area contributed by atoms with Crippen molar-refractivity contribution in [2.75, 3.05) is 5.32 Å². The summed E-state index contributed by atoms with van der Waals surface area (Å²) in [5.41, 5.74) is 2.65. The van der Waals surface area contributed by atoms with Gasteiger partial charge in [0.15, 0.2) is 0 Å². The maximum atomic E-state index is 14.0. The molecule has 2 heterocycles. The number of fused-ring (bicyclic) bond motifs is 1. The lowest BCUT2D eigenvalue weighted by molar-refractivity contribution is 0.200. The molecule has 6 nitrogen and oxygen atoms in total. The van der Waals surface area contributed by atoms with Crippen LogP contribution in [0.15, 0.2) is 41.0 Å². The van der Waals surface area contributed by atoms with Crippen LogP contribution in [0.4, 0.5) is 19.3 Å². The molecule has 0 aliphatic heterocycles. The van der Waals surface area contributed by atoms with Crippen LogP contribution in [-0.4, -0.2) is 20.7 Å². The van der Waals surface area contributed by atoms with Crippen LogP contribution in [0.3, 0.4) is 0 Å². The molecule has 0 radical (unpaired) electrons. The highest BCUT2D eigenvalue weighted by Crippen LogP contribution is 2.26. The number of aromatic nitrogens is 2. The Morgan fingerprint density at radius 3 is 2.71 bits per heavy atom. The van der Waals surface area contributed by atoms with Crippen molar-refractivity contribution in [1.82, 2.24) is 14.7 Å². The second-order valence-electron chi connectivity index (χ2n) is 6.81. The van der Waals surface area contributed by atoms with Gasteiger partial charge in [-0.25, -0.2) is 13.6 Å². The van der Waals surface area contributed by atoms with Gasteiger partial charge in [-0.2, -0.15) is 5.10 Å². The highest BCUT2D eigenvalue weighted by atomic mass is 19.1. The first kappa shape index (κ1) is 18.2. The van der Waals surface area contributed by atoms with Crippen LogP contribution in [0.2, 0.25) is 0 Å². The number of benzene rings is 1. The van der Waals surface area contributed by atoms with Crippen LogP contribution in [0, 0.1) is 11.6 Å². The zero-order valence-corrected chi connectivity index (χ0v) is 15.4. The summed E-state index contributed by atoms with van der Waals surface area (Å²) in [6, 6.07) is 6.28. The number of aryl methyl sites for hydroxylation is 1. The summed E-state index contributed by atoms with van der Waals surface area (Å²) in [7, 11) is 1.89. The predicted octanol–water partition coefficient (Wildman–Crippen LogP) is 4.01. The van der Waals surface area contributed by atoms with Crippen LogP contribution in [0.1, 0.15) is 29.1 Å². The molecule has 28 heavy (non-hydrogen) atoms. The third kappa shape index (κ3) is 3.49. The number of hydrogen-bond donors (Lipinski definition) is 1. The third-order valence-electron chi connectivity index (χ3n) is 4.95. The Morgan fingerprint density at radius 2 is 2.00 bits per heavy atom. The fraction of sp³-hybridized carbons (Fsp3) is 0.300. The fourth-order valence-corrected chi connectivity index (χ4v) is 3.60. The van der Waals surface area contributed by atoms with Gasteiger partial charge in [0.1, 0.15) is 23.1 Å². The van der Waals surface area contributed by atoms with Crippen molar-refractivity contribution in [3.63, 3.8) is 0 Å². The van der Waals surface area contributed by atoms with E-state index in [4.69, 9.17) is 4.42 Å². The van der Waals surface area contributed by atoms with Gasteiger partial charge in [0, 0.05) is 12.7 Å². The second kappa shape index (κ2) is 7.46. The Kier molecular flexibility index (Phi) is 4.85. The van der Waals surface area contributed by atoms with E-state index in [1.807, 2.05) is 11.7 Å². The van der Waals surface area contributed by atoms with Crippen LogP contribution < -0.4 is 5.32 Å². The second-order valence-corrected chi connectivity index (χ2v) is 6.81. The lowest BCUT2D eigenvalue weighted by Crippen LogP contribution is -2.35. The minimum Gasteiger partial charge on any atom is -0.467 e. The maximum Gasteiger partial charge on any atom is 0.322 e. The van der Waals surface area contributed by atoms with E-state index in [2.05, 4.69) is 10.4 Å². The van der Waals surface area contributed by atoms with Gasteiger partial charge in [0.05, 0.1) is 25.0 Å². The number of furan rings is 1. The van der Waals surface area contributed by atoms with Crippen molar-refractivity contribution in [3.05, 3.63) is 70.9 Å². The summed E-state index contributed by atoms with van der Waals surface area (Å²) in [6.45, 7) is 0.367. The van der Waals surface area contributed by atoms with Crippen molar-refractivity contribution in [3.8, 4) is 0 Å². The summed E-state index contributed by atoms with van der Waals surface area (Å²) >= 11 is 0. The maximum absolute atomic E-state index is 14.0. The molecule has 0 bridgehead atoms. The van der Waals surface area contributed by atoms with Crippen molar-refractivity contribution >= 4 is 11.7 Å². The van der Waals surface area contributed by atoms with E-state index in [0.29, 0.717) is 5.76 Å². The van der Waals surface area contributed by atoms with Gasteiger partial charge in [0.2, 0.25) is 0 Å². The Bertz CT molecular complexity index is 978. The molecule has 0 saturated heterocycles. The lowest BCUT2D eigenvalue weighted by atomic mass is 10.2. The first-order valence-corrected chi connectivity index (χ1v) is 9.09. The molecule has 1 aliphatic carbocycles. The Labute approximate surface area is 160 Å². The number of para-hydroxylation sites is 1. The molecule has 0 fully saturated rings. The first-order valence-electron chi connectivity index (χ1n) is 9.09. The quantitative estimate of drug-likeness (QED) is 0.721. The number of nitrogens with one attached hydrogen (secondary N) is 1. The summed E-state index contributed by atoms with van der Waals surface area (Å²) < 4.78 is 35.1. The van der Waals surface area contributed by atoms with Gasteiger partial charge in [0.25, 0.3) is 0 Å². The largest absolute Gasteiger partial charge is 0.467 e. The number of carbonyl (C=O) groups excluding carboxylic acids is 1. The predicted molar refractivity (Wildman–Crippen MR) is 98.6 cm³/mol. The van der Waals surface area contributed by atoms with Gasteiger partial charge in [-0.15, -0.1) is 0 Å².